The lowest BCUT2D eigenvalue weighted by Gasteiger charge is -2.48. The minimum Gasteiger partial charge on any atom is -0.478 e. The molecule has 1 unspecified atom stereocenters. The van der Waals surface area contributed by atoms with Crippen LogP contribution in [0.2, 0.25) is 0 Å². The minimum absolute atomic E-state index is 0.107. The molecule has 3 rings (SSSR count). The Morgan fingerprint density at radius 2 is 2.00 bits per heavy atom. The van der Waals surface area contributed by atoms with Gasteiger partial charge in [0, 0.05) is 33.2 Å². The summed E-state index contributed by atoms with van der Waals surface area (Å²) in [5.74, 6) is -0.582. The average molecular weight is 389 g/mol. The second-order valence-corrected chi connectivity index (χ2v) is 7.58. The molecule has 2 aliphatic heterocycles. The van der Waals surface area contributed by atoms with Gasteiger partial charge in [0.15, 0.2) is 0 Å². The average Bonchev–Trinajstić information content (AvgIpc) is 2.64. The van der Waals surface area contributed by atoms with Crippen LogP contribution in [0.15, 0.2) is 47.3 Å². The number of carboxylic acids is 1. The Bertz CT molecular complexity index is 789. The van der Waals surface area contributed by atoms with E-state index in [0.29, 0.717) is 31.2 Å². The second kappa shape index (κ2) is 8.32. The molecule has 0 radical (unpaired) electrons. The van der Waals surface area contributed by atoms with Crippen LogP contribution >= 0.6 is 0 Å². The summed E-state index contributed by atoms with van der Waals surface area (Å²) in [7, 11) is 3.71. The van der Waals surface area contributed by atoms with Gasteiger partial charge in [-0.1, -0.05) is 12.1 Å². The van der Waals surface area contributed by atoms with E-state index in [1.807, 2.05) is 32.0 Å². The molecule has 2 aliphatic rings. The number of carbonyl (C=O) groups is 1. The molecule has 0 aliphatic carbocycles. The molecule has 6 nitrogen and oxygen atoms in total. The van der Waals surface area contributed by atoms with Crippen molar-refractivity contribution in [3.05, 3.63) is 58.7 Å². The fourth-order valence-corrected chi connectivity index (χ4v) is 3.95. The van der Waals surface area contributed by atoms with Gasteiger partial charge in [-0.3, -0.25) is 4.90 Å². The molecule has 1 saturated heterocycles. The molecule has 0 saturated carbocycles. The van der Waals surface area contributed by atoms with Crippen LogP contribution < -0.4 is 0 Å². The van der Waals surface area contributed by atoms with Crippen molar-refractivity contribution in [3.8, 4) is 0 Å². The van der Waals surface area contributed by atoms with Crippen molar-refractivity contribution in [1.82, 2.24) is 14.7 Å². The highest BCUT2D eigenvalue weighted by Crippen LogP contribution is 2.33. The van der Waals surface area contributed by atoms with Crippen LogP contribution in [-0.4, -0.2) is 71.8 Å². The Kier molecular flexibility index (Phi) is 6.05. The summed E-state index contributed by atoms with van der Waals surface area (Å²) >= 11 is 0. The van der Waals surface area contributed by atoms with E-state index < -0.39 is 5.97 Å². The molecule has 152 valence electrons. The number of hydrogen-bond acceptors (Lipinski definition) is 5. The molecular formula is C21H28FN3O3. The third kappa shape index (κ3) is 4.05. The van der Waals surface area contributed by atoms with Crippen LogP contribution in [0.1, 0.15) is 19.4 Å². The highest BCUT2D eigenvalue weighted by molar-refractivity contribution is 5.92. The zero-order valence-corrected chi connectivity index (χ0v) is 16.9. The van der Waals surface area contributed by atoms with Gasteiger partial charge < -0.3 is 19.6 Å². The van der Waals surface area contributed by atoms with E-state index in [-0.39, 0.29) is 18.0 Å². The van der Waals surface area contributed by atoms with Gasteiger partial charge in [-0.2, -0.15) is 0 Å². The first-order chi connectivity index (χ1) is 13.3. The molecular weight excluding hydrogens is 361 g/mol. The molecule has 0 aromatic heterocycles. The normalized spacial score (nSPS) is 23.6. The number of ether oxygens (including phenoxy) is 1. The van der Waals surface area contributed by atoms with Crippen molar-refractivity contribution in [3.63, 3.8) is 0 Å². The number of morpholine rings is 1. The summed E-state index contributed by atoms with van der Waals surface area (Å²) in [5, 5.41) is 9.86. The third-order valence-corrected chi connectivity index (χ3v) is 5.27. The molecule has 1 N–H and O–H groups in total. The van der Waals surface area contributed by atoms with Crippen molar-refractivity contribution in [1.29, 1.82) is 0 Å². The van der Waals surface area contributed by atoms with Crippen molar-refractivity contribution < 1.29 is 19.0 Å². The van der Waals surface area contributed by atoms with Gasteiger partial charge in [-0.05, 0) is 43.2 Å². The Labute approximate surface area is 165 Å². The number of aliphatic carboxylic acids is 1. The van der Waals surface area contributed by atoms with Crippen LogP contribution in [0, 0.1) is 5.82 Å². The molecule has 7 heteroatoms. The summed E-state index contributed by atoms with van der Waals surface area (Å²) in [6.45, 7) is 6.48. The van der Waals surface area contributed by atoms with E-state index in [4.69, 9.17) is 4.74 Å². The van der Waals surface area contributed by atoms with E-state index >= 15 is 0 Å². The summed E-state index contributed by atoms with van der Waals surface area (Å²) in [6.07, 6.45) is 1.91. The Hall–Kier alpha value is -2.38. The first-order valence-electron chi connectivity index (χ1n) is 9.48. The van der Waals surface area contributed by atoms with Crippen LogP contribution in [0.5, 0.6) is 0 Å². The lowest BCUT2D eigenvalue weighted by atomic mass is 9.99. The number of hydrogen-bond donors (Lipinski definition) is 1. The number of nitrogens with zero attached hydrogens (tertiary/aromatic N) is 3. The molecule has 1 aromatic rings. The van der Waals surface area contributed by atoms with Crippen molar-refractivity contribution >= 4 is 5.97 Å². The first kappa shape index (κ1) is 20.4. The van der Waals surface area contributed by atoms with Gasteiger partial charge in [0.2, 0.25) is 0 Å². The standard InChI is InChI=1S/C21H28FN3O3/c1-14-11-18(24-9-10-28-13-15(24)2)25(12-16-5-7-17(22)8-6-16)20(23(3)4)19(14)21(26)27/h5-8,11,15,18H,9-10,12-13H2,1-4H3,(H,26,27)/t15-,18?/m1/s1. The van der Waals surface area contributed by atoms with E-state index in [0.717, 1.165) is 17.7 Å². The third-order valence-electron chi connectivity index (χ3n) is 5.27. The molecule has 0 amide bonds. The fourth-order valence-electron chi connectivity index (χ4n) is 3.95. The highest BCUT2D eigenvalue weighted by atomic mass is 19.1. The lowest BCUT2D eigenvalue weighted by molar-refractivity contribution is -0.133. The second-order valence-electron chi connectivity index (χ2n) is 7.58. The SMILES string of the molecule is CC1=CC(N2CCOC[C@H]2C)N(Cc2ccc(F)cc2)C(N(C)C)=C1C(=O)O. The van der Waals surface area contributed by atoms with Crippen LogP contribution in [0.3, 0.4) is 0 Å². The van der Waals surface area contributed by atoms with Gasteiger partial charge in [0.1, 0.15) is 23.4 Å². The number of carboxylic acid groups (broad SMARTS) is 1. The zero-order chi connectivity index (χ0) is 20.4. The van der Waals surface area contributed by atoms with Gasteiger partial charge in [-0.15, -0.1) is 0 Å². The highest BCUT2D eigenvalue weighted by Gasteiger charge is 2.37. The van der Waals surface area contributed by atoms with Gasteiger partial charge >= 0.3 is 5.97 Å². The van der Waals surface area contributed by atoms with E-state index in [2.05, 4.69) is 16.7 Å². The monoisotopic (exact) mass is 389 g/mol. The van der Waals surface area contributed by atoms with Crippen molar-refractivity contribution in [2.24, 2.45) is 0 Å². The molecule has 2 heterocycles. The fraction of sp³-hybridized carbons (Fsp3) is 0.476. The number of halogens is 1. The zero-order valence-electron chi connectivity index (χ0n) is 16.9. The molecule has 1 aromatic carbocycles. The van der Waals surface area contributed by atoms with Crippen LogP contribution in [0.25, 0.3) is 0 Å². The molecule has 0 spiro atoms. The summed E-state index contributed by atoms with van der Waals surface area (Å²) < 4.78 is 19.0. The maximum absolute atomic E-state index is 13.4. The predicted octanol–water partition coefficient (Wildman–Crippen LogP) is 2.49. The lowest BCUT2D eigenvalue weighted by Crippen LogP contribution is -2.57. The Balaban J connectivity index is 2.06. The maximum Gasteiger partial charge on any atom is 0.339 e. The van der Waals surface area contributed by atoms with E-state index in [1.54, 1.807) is 12.1 Å². The molecule has 2 atom stereocenters. The van der Waals surface area contributed by atoms with Crippen LogP contribution in [0.4, 0.5) is 4.39 Å². The van der Waals surface area contributed by atoms with Gasteiger partial charge in [0.05, 0.1) is 13.2 Å². The largest absolute Gasteiger partial charge is 0.478 e. The van der Waals surface area contributed by atoms with Gasteiger partial charge in [0.25, 0.3) is 0 Å². The summed E-state index contributed by atoms with van der Waals surface area (Å²) in [5.41, 5.74) is 1.96. The van der Waals surface area contributed by atoms with Crippen LogP contribution in [-0.2, 0) is 16.1 Å². The summed E-state index contributed by atoms with van der Waals surface area (Å²) in [6, 6.07) is 6.56. The van der Waals surface area contributed by atoms with Gasteiger partial charge in [-0.25, -0.2) is 9.18 Å². The van der Waals surface area contributed by atoms with Crippen molar-refractivity contribution in [2.45, 2.75) is 32.6 Å². The molecule has 28 heavy (non-hydrogen) atoms. The maximum atomic E-state index is 13.4. The molecule has 0 bridgehead atoms. The summed E-state index contributed by atoms with van der Waals surface area (Å²) in [4.78, 5) is 18.3. The Morgan fingerprint density at radius 1 is 1.32 bits per heavy atom. The number of rotatable bonds is 5. The van der Waals surface area contributed by atoms with E-state index in [1.165, 1.54) is 12.1 Å². The predicted molar refractivity (Wildman–Crippen MR) is 105 cm³/mol. The molecule has 1 fully saturated rings. The smallest absolute Gasteiger partial charge is 0.339 e. The van der Waals surface area contributed by atoms with Crippen molar-refractivity contribution in [2.75, 3.05) is 33.9 Å². The minimum atomic E-state index is -0.949. The van der Waals surface area contributed by atoms with E-state index in [9.17, 15) is 14.3 Å². The first-order valence-corrected chi connectivity index (χ1v) is 9.48. The number of benzene rings is 1. The quantitative estimate of drug-likeness (QED) is 0.835. The Morgan fingerprint density at radius 3 is 2.57 bits per heavy atom. The topological polar surface area (TPSA) is 56.2 Å².